The highest BCUT2D eigenvalue weighted by Crippen LogP contribution is 2.33. The predicted octanol–water partition coefficient (Wildman–Crippen LogP) is 4.76. The van der Waals surface area contributed by atoms with Crippen LogP contribution in [0.4, 0.5) is 5.69 Å². The summed E-state index contributed by atoms with van der Waals surface area (Å²) in [4.78, 5) is 28.4. The second-order valence-corrected chi connectivity index (χ2v) is 11.1. The summed E-state index contributed by atoms with van der Waals surface area (Å²) in [6.45, 7) is -0.348. The van der Waals surface area contributed by atoms with E-state index in [1.165, 1.54) is 31.3 Å². The van der Waals surface area contributed by atoms with Crippen molar-refractivity contribution in [3.05, 3.63) is 114 Å². The molecule has 1 aliphatic rings. The summed E-state index contributed by atoms with van der Waals surface area (Å²) in [6.07, 6.45) is 0. The molecule has 9 heteroatoms. The average Bonchev–Trinajstić information content (AvgIpc) is 3.19. The first kappa shape index (κ1) is 27.1. The number of rotatable bonds is 6. The highest BCUT2D eigenvalue weighted by atomic mass is 32.2. The second kappa shape index (κ2) is 11.3. The quantitative estimate of drug-likeness (QED) is 0.318. The lowest BCUT2D eigenvalue weighted by Gasteiger charge is -2.29. The molecular weight excluding hydrogens is 528 g/mol. The van der Waals surface area contributed by atoms with Crippen molar-refractivity contribution in [3.8, 4) is 16.9 Å². The molecular formula is C31H28N2O6S. The zero-order valence-electron chi connectivity index (χ0n) is 22.1. The molecule has 0 saturated heterocycles. The summed E-state index contributed by atoms with van der Waals surface area (Å²) in [5, 5.41) is 0. The van der Waals surface area contributed by atoms with Crippen LogP contribution in [0, 0.1) is 0 Å². The van der Waals surface area contributed by atoms with Crippen molar-refractivity contribution in [2.75, 3.05) is 25.7 Å². The van der Waals surface area contributed by atoms with Gasteiger partial charge in [-0.15, -0.1) is 0 Å². The number of benzene rings is 4. The molecule has 5 rings (SSSR count). The normalized spacial score (nSPS) is 15.6. The van der Waals surface area contributed by atoms with E-state index in [0.29, 0.717) is 22.6 Å². The lowest BCUT2D eigenvalue weighted by atomic mass is 10.0. The fourth-order valence-electron chi connectivity index (χ4n) is 4.80. The molecule has 40 heavy (non-hydrogen) atoms. The Morgan fingerprint density at radius 1 is 0.775 bits per heavy atom. The smallest absolute Gasteiger partial charge is 0.326 e. The molecule has 0 saturated carbocycles. The Morgan fingerprint density at radius 2 is 1.40 bits per heavy atom. The number of carbonyl (C=O) groups excluding carboxylic acids is 2. The van der Waals surface area contributed by atoms with Crippen molar-refractivity contribution < 1.29 is 27.5 Å². The minimum Gasteiger partial charge on any atom is -0.497 e. The molecule has 4 aromatic rings. The van der Waals surface area contributed by atoms with Crippen LogP contribution in [0.2, 0.25) is 0 Å². The van der Waals surface area contributed by atoms with Crippen molar-refractivity contribution in [2.45, 2.75) is 17.5 Å². The number of carbonyl (C=O) groups is 2. The predicted molar refractivity (Wildman–Crippen MR) is 152 cm³/mol. The monoisotopic (exact) mass is 556 g/mol. The zero-order valence-corrected chi connectivity index (χ0v) is 22.9. The van der Waals surface area contributed by atoms with Crippen LogP contribution >= 0.6 is 0 Å². The first-order chi connectivity index (χ1) is 19.3. The number of fused-ring (bicyclic) bond motifs is 1. The molecule has 0 fully saturated rings. The van der Waals surface area contributed by atoms with Gasteiger partial charge in [0.15, 0.2) is 0 Å². The van der Waals surface area contributed by atoms with E-state index in [0.717, 1.165) is 15.4 Å². The Hall–Kier alpha value is -4.47. The molecule has 4 aromatic carbocycles. The van der Waals surface area contributed by atoms with Gasteiger partial charge in [0.2, 0.25) is 10.0 Å². The van der Waals surface area contributed by atoms with Gasteiger partial charge in [0.05, 0.1) is 25.7 Å². The number of methoxy groups -OCH3 is 2. The summed E-state index contributed by atoms with van der Waals surface area (Å²) < 4.78 is 39.0. The van der Waals surface area contributed by atoms with Gasteiger partial charge in [-0.2, -0.15) is 4.31 Å². The first-order valence-electron chi connectivity index (χ1n) is 12.6. The van der Waals surface area contributed by atoms with Crippen LogP contribution in [0.15, 0.2) is 108 Å². The van der Waals surface area contributed by atoms with Crippen molar-refractivity contribution >= 4 is 27.6 Å². The molecule has 0 spiro atoms. The van der Waals surface area contributed by atoms with E-state index in [9.17, 15) is 18.0 Å². The number of esters is 1. The van der Waals surface area contributed by atoms with Crippen LogP contribution in [-0.4, -0.2) is 51.4 Å². The number of amides is 1. The number of hydrogen-bond acceptors (Lipinski definition) is 6. The number of nitrogens with zero attached hydrogens (tertiary/aromatic N) is 2. The van der Waals surface area contributed by atoms with Gasteiger partial charge >= 0.3 is 5.97 Å². The molecule has 1 aliphatic heterocycles. The van der Waals surface area contributed by atoms with E-state index in [2.05, 4.69) is 0 Å². The average molecular weight is 557 g/mol. The molecule has 1 atom stereocenters. The first-order valence-corrected chi connectivity index (χ1v) is 14.1. The molecule has 1 unspecified atom stereocenters. The van der Waals surface area contributed by atoms with Crippen molar-refractivity contribution in [1.82, 2.24) is 4.31 Å². The number of hydrogen-bond donors (Lipinski definition) is 0. The van der Waals surface area contributed by atoms with Crippen LogP contribution in [0.3, 0.4) is 0 Å². The van der Waals surface area contributed by atoms with Gasteiger partial charge < -0.3 is 14.4 Å². The lowest BCUT2D eigenvalue weighted by molar-refractivity contribution is -0.144. The van der Waals surface area contributed by atoms with Crippen LogP contribution in [0.1, 0.15) is 15.9 Å². The summed E-state index contributed by atoms with van der Waals surface area (Å²) in [5.41, 5.74) is 3.50. The zero-order chi connectivity index (χ0) is 28.3. The SMILES string of the molecule is COC(=O)C1CN(C(=O)c2ccc(-c3ccccc3)cc2)c2ccccc2CN1S(=O)(=O)c1ccc(OC)cc1. The van der Waals surface area contributed by atoms with Crippen LogP contribution in [0.5, 0.6) is 5.75 Å². The van der Waals surface area contributed by atoms with Gasteiger partial charge in [0.25, 0.3) is 5.91 Å². The van der Waals surface area contributed by atoms with Crippen molar-refractivity contribution in [1.29, 1.82) is 0 Å². The lowest BCUT2D eigenvalue weighted by Crippen LogP contribution is -2.50. The number of sulfonamides is 1. The summed E-state index contributed by atoms with van der Waals surface area (Å²) in [7, 11) is -1.48. The number of anilines is 1. The third-order valence-electron chi connectivity index (χ3n) is 6.94. The Bertz CT molecular complexity index is 1620. The minimum atomic E-state index is -4.17. The van der Waals surface area contributed by atoms with Gasteiger partial charge in [-0.1, -0.05) is 60.7 Å². The van der Waals surface area contributed by atoms with E-state index >= 15 is 0 Å². The molecule has 0 radical (unpaired) electrons. The summed E-state index contributed by atoms with van der Waals surface area (Å²) in [6, 6.07) is 28.7. The van der Waals surface area contributed by atoms with Gasteiger partial charge in [-0.3, -0.25) is 9.59 Å². The van der Waals surface area contributed by atoms with E-state index in [1.807, 2.05) is 42.5 Å². The third-order valence-corrected chi connectivity index (χ3v) is 8.80. The Morgan fingerprint density at radius 3 is 2.05 bits per heavy atom. The Kier molecular flexibility index (Phi) is 7.68. The van der Waals surface area contributed by atoms with E-state index in [-0.39, 0.29) is 23.9 Å². The maximum atomic E-state index is 13.9. The molecule has 0 N–H and O–H groups in total. The Labute approximate surface area is 233 Å². The maximum absolute atomic E-state index is 13.9. The van der Waals surface area contributed by atoms with Crippen LogP contribution < -0.4 is 9.64 Å². The molecule has 204 valence electrons. The van der Waals surface area contributed by atoms with E-state index in [1.54, 1.807) is 48.5 Å². The van der Waals surface area contributed by atoms with Gasteiger partial charge in [0.1, 0.15) is 11.8 Å². The summed E-state index contributed by atoms with van der Waals surface area (Å²) >= 11 is 0. The van der Waals surface area contributed by atoms with E-state index < -0.39 is 22.0 Å². The number of para-hydroxylation sites is 1. The number of ether oxygens (including phenoxy) is 2. The van der Waals surface area contributed by atoms with Crippen LogP contribution in [0.25, 0.3) is 11.1 Å². The summed E-state index contributed by atoms with van der Waals surface area (Å²) in [5.74, 6) is -0.619. The van der Waals surface area contributed by atoms with Crippen LogP contribution in [-0.2, 0) is 26.1 Å². The van der Waals surface area contributed by atoms with E-state index in [4.69, 9.17) is 9.47 Å². The topological polar surface area (TPSA) is 93.2 Å². The molecule has 0 aliphatic carbocycles. The maximum Gasteiger partial charge on any atom is 0.326 e. The molecule has 1 amide bonds. The largest absolute Gasteiger partial charge is 0.497 e. The minimum absolute atomic E-state index is 0.00374. The molecule has 0 aromatic heterocycles. The van der Waals surface area contributed by atoms with Crippen molar-refractivity contribution in [2.24, 2.45) is 0 Å². The highest BCUT2D eigenvalue weighted by Gasteiger charge is 2.42. The fourth-order valence-corrected chi connectivity index (χ4v) is 6.34. The van der Waals surface area contributed by atoms with Gasteiger partial charge in [-0.25, -0.2) is 8.42 Å². The fraction of sp³-hybridized carbons (Fsp3) is 0.161. The Balaban J connectivity index is 1.54. The second-order valence-electron chi connectivity index (χ2n) is 9.25. The van der Waals surface area contributed by atoms with Gasteiger partial charge in [0, 0.05) is 17.8 Å². The molecule has 0 bridgehead atoms. The van der Waals surface area contributed by atoms with Gasteiger partial charge in [-0.05, 0) is 59.2 Å². The highest BCUT2D eigenvalue weighted by molar-refractivity contribution is 7.89. The standard InChI is InChI=1S/C31H28N2O6S/c1-38-26-16-18-27(19-17-26)40(36,37)33-20-25-10-6-7-11-28(25)32(21-29(33)31(35)39-2)30(34)24-14-12-23(13-15-24)22-8-4-3-5-9-22/h3-19,29H,20-21H2,1-2H3. The third kappa shape index (κ3) is 5.21. The molecule has 1 heterocycles. The van der Waals surface area contributed by atoms with Crippen molar-refractivity contribution in [3.63, 3.8) is 0 Å². The molecule has 8 nitrogen and oxygen atoms in total.